The number of hydrogen-bond donors (Lipinski definition) is 1. The molecule has 1 amide bonds. The molecule has 1 unspecified atom stereocenters. The third-order valence-electron chi connectivity index (χ3n) is 2.46. The van der Waals surface area contributed by atoms with Crippen molar-refractivity contribution in [1.82, 2.24) is 5.32 Å². The summed E-state index contributed by atoms with van der Waals surface area (Å²) in [6, 6.07) is 7.37. The van der Waals surface area contributed by atoms with Crippen molar-refractivity contribution in [2.75, 3.05) is 0 Å². The van der Waals surface area contributed by atoms with Crippen LogP contribution >= 0.6 is 0 Å². The van der Waals surface area contributed by atoms with E-state index in [0.29, 0.717) is 11.1 Å². The molecule has 0 heterocycles. The lowest BCUT2D eigenvalue weighted by Crippen LogP contribution is -2.31. The molecular formula is C13H16N2O. The molecule has 0 saturated carbocycles. The van der Waals surface area contributed by atoms with E-state index in [0.717, 1.165) is 12.0 Å². The molecule has 0 aliphatic carbocycles. The number of benzene rings is 1. The summed E-state index contributed by atoms with van der Waals surface area (Å²) in [7, 11) is 0. The molecule has 3 nitrogen and oxygen atoms in total. The van der Waals surface area contributed by atoms with Gasteiger partial charge in [-0.3, -0.25) is 4.79 Å². The molecule has 1 atom stereocenters. The molecule has 0 aromatic heterocycles. The van der Waals surface area contributed by atoms with Crippen molar-refractivity contribution < 1.29 is 4.79 Å². The predicted molar refractivity (Wildman–Crippen MR) is 63.1 cm³/mol. The fourth-order valence-electron chi connectivity index (χ4n) is 1.39. The zero-order valence-electron chi connectivity index (χ0n) is 9.87. The number of nitrogens with zero attached hydrogens (tertiary/aromatic N) is 1. The number of amides is 1. The van der Waals surface area contributed by atoms with Crippen LogP contribution in [0.15, 0.2) is 18.2 Å². The van der Waals surface area contributed by atoms with Crippen LogP contribution in [0.1, 0.15) is 41.8 Å². The summed E-state index contributed by atoms with van der Waals surface area (Å²) in [5, 5.41) is 11.7. The second-order valence-electron chi connectivity index (χ2n) is 3.98. The maximum absolute atomic E-state index is 11.8. The Morgan fingerprint density at radius 1 is 1.50 bits per heavy atom. The first-order chi connectivity index (χ1) is 7.56. The van der Waals surface area contributed by atoms with Gasteiger partial charge < -0.3 is 5.32 Å². The lowest BCUT2D eigenvalue weighted by atomic mass is 10.1. The van der Waals surface area contributed by atoms with Crippen molar-refractivity contribution in [1.29, 1.82) is 5.26 Å². The lowest BCUT2D eigenvalue weighted by Gasteiger charge is -2.11. The molecule has 0 spiro atoms. The SMILES string of the molecule is CCC(C)NC(=O)c1cc(C)cc(C#N)c1. The molecular weight excluding hydrogens is 200 g/mol. The van der Waals surface area contributed by atoms with Crippen molar-refractivity contribution >= 4 is 5.91 Å². The second-order valence-corrected chi connectivity index (χ2v) is 3.98. The molecule has 16 heavy (non-hydrogen) atoms. The molecule has 3 heteroatoms. The average Bonchev–Trinajstić information content (AvgIpc) is 2.27. The van der Waals surface area contributed by atoms with Crippen molar-refractivity contribution in [2.24, 2.45) is 0 Å². The standard InChI is InChI=1S/C13H16N2O/c1-4-10(3)15-13(16)12-6-9(2)5-11(7-12)8-14/h5-7,10H,4H2,1-3H3,(H,15,16). The Kier molecular flexibility index (Phi) is 4.07. The molecule has 0 aliphatic heterocycles. The maximum Gasteiger partial charge on any atom is 0.251 e. The van der Waals surface area contributed by atoms with Gasteiger partial charge in [0.25, 0.3) is 5.91 Å². The molecule has 84 valence electrons. The van der Waals surface area contributed by atoms with Crippen LogP contribution < -0.4 is 5.32 Å². The molecule has 1 aromatic carbocycles. The van der Waals surface area contributed by atoms with Crippen LogP contribution in [0.4, 0.5) is 0 Å². The highest BCUT2D eigenvalue weighted by Gasteiger charge is 2.09. The van der Waals surface area contributed by atoms with Crippen molar-refractivity contribution in [3.63, 3.8) is 0 Å². The van der Waals surface area contributed by atoms with Gasteiger partial charge in [-0.15, -0.1) is 0 Å². The van der Waals surface area contributed by atoms with E-state index >= 15 is 0 Å². The van der Waals surface area contributed by atoms with Crippen molar-refractivity contribution in [3.8, 4) is 6.07 Å². The third-order valence-corrected chi connectivity index (χ3v) is 2.46. The number of hydrogen-bond acceptors (Lipinski definition) is 2. The zero-order valence-corrected chi connectivity index (χ0v) is 9.87. The van der Waals surface area contributed by atoms with Crippen molar-refractivity contribution in [3.05, 3.63) is 34.9 Å². The maximum atomic E-state index is 11.8. The van der Waals surface area contributed by atoms with Gasteiger partial charge in [0.1, 0.15) is 0 Å². The van der Waals surface area contributed by atoms with E-state index in [1.807, 2.05) is 20.8 Å². The molecule has 0 bridgehead atoms. The highest BCUT2D eigenvalue weighted by Crippen LogP contribution is 2.09. The Labute approximate surface area is 96.1 Å². The van der Waals surface area contributed by atoms with Gasteiger partial charge in [-0.2, -0.15) is 5.26 Å². The fraction of sp³-hybridized carbons (Fsp3) is 0.385. The summed E-state index contributed by atoms with van der Waals surface area (Å²) in [4.78, 5) is 11.8. The minimum atomic E-state index is -0.116. The number of carbonyl (C=O) groups is 1. The molecule has 0 radical (unpaired) electrons. The lowest BCUT2D eigenvalue weighted by molar-refractivity contribution is 0.0939. The number of nitriles is 1. The highest BCUT2D eigenvalue weighted by molar-refractivity contribution is 5.94. The van der Waals surface area contributed by atoms with E-state index in [1.54, 1.807) is 18.2 Å². The van der Waals surface area contributed by atoms with E-state index in [1.165, 1.54) is 0 Å². The summed E-state index contributed by atoms with van der Waals surface area (Å²) in [5.41, 5.74) is 2.00. The zero-order chi connectivity index (χ0) is 12.1. The normalized spacial score (nSPS) is 11.6. The summed E-state index contributed by atoms with van der Waals surface area (Å²) in [6.07, 6.45) is 0.892. The molecule has 0 aliphatic rings. The first-order valence-electron chi connectivity index (χ1n) is 5.39. The van der Waals surface area contributed by atoms with Gasteiger partial charge in [0, 0.05) is 11.6 Å². The quantitative estimate of drug-likeness (QED) is 0.843. The van der Waals surface area contributed by atoms with E-state index in [4.69, 9.17) is 5.26 Å². The van der Waals surface area contributed by atoms with Crippen molar-refractivity contribution in [2.45, 2.75) is 33.2 Å². The molecule has 1 rings (SSSR count). The van der Waals surface area contributed by atoms with Crippen LogP contribution in [0.3, 0.4) is 0 Å². The molecule has 1 aromatic rings. The van der Waals surface area contributed by atoms with Gasteiger partial charge in [0.15, 0.2) is 0 Å². The number of aryl methyl sites for hydroxylation is 1. The van der Waals surface area contributed by atoms with Crippen LogP contribution in [0.25, 0.3) is 0 Å². The summed E-state index contributed by atoms with van der Waals surface area (Å²) >= 11 is 0. The third kappa shape index (κ3) is 3.09. The number of rotatable bonds is 3. The molecule has 1 N–H and O–H groups in total. The van der Waals surface area contributed by atoms with Crippen LogP contribution in [0, 0.1) is 18.3 Å². The first-order valence-corrected chi connectivity index (χ1v) is 5.39. The summed E-state index contributed by atoms with van der Waals surface area (Å²) in [5.74, 6) is -0.116. The smallest absolute Gasteiger partial charge is 0.251 e. The summed E-state index contributed by atoms with van der Waals surface area (Å²) < 4.78 is 0. The second kappa shape index (κ2) is 5.32. The van der Waals surface area contributed by atoms with Crippen LogP contribution in [0.2, 0.25) is 0 Å². The fourth-order valence-corrected chi connectivity index (χ4v) is 1.39. The minimum absolute atomic E-state index is 0.116. The Morgan fingerprint density at radius 2 is 2.19 bits per heavy atom. The van der Waals surface area contributed by atoms with Gasteiger partial charge in [-0.25, -0.2) is 0 Å². The molecule has 0 saturated heterocycles. The van der Waals surface area contributed by atoms with Crippen LogP contribution in [-0.2, 0) is 0 Å². The predicted octanol–water partition coefficient (Wildman–Crippen LogP) is 2.40. The summed E-state index contributed by atoms with van der Waals surface area (Å²) in [6.45, 7) is 5.85. The highest BCUT2D eigenvalue weighted by atomic mass is 16.1. The molecule has 0 fully saturated rings. The Morgan fingerprint density at radius 3 is 2.75 bits per heavy atom. The van der Waals surface area contributed by atoms with Gasteiger partial charge in [0.05, 0.1) is 11.6 Å². The number of nitrogens with one attached hydrogen (secondary N) is 1. The van der Waals surface area contributed by atoms with Gasteiger partial charge >= 0.3 is 0 Å². The first kappa shape index (κ1) is 12.3. The van der Waals surface area contributed by atoms with E-state index in [-0.39, 0.29) is 11.9 Å². The van der Waals surface area contributed by atoms with E-state index in [2.05, 4.69) is 11.4 Å². The topological polar surface area (TPSA) is 52.9 Å². The van der Waals surface area contributed by atoms with E-state index < -0.39 is 0 Å². The van der Waals surface area contributed by atoms with E-state index in [9.17, 15) is 4.79 Å². The van der Waals surface area contributed by atoms with Crippen LogP contribution in [0.5, 0.6) is 0 Å². The Hall–Kier alpha value is -1.82. The monoisotopic (exact) mass is 216 g/mol. The minimum Gasteiger partial charge on any atom is -0.350 e. The average molecular weight is 216 g/mol. The van der Waals surface area contributed by atoms with Crippen LogP contribution in [-0.4, -0.2) is 11.9 Å². The van der Waals surface area contributed by atoms with Gasteiger partial charge in [0.2, 0.25) is 0 Å². The Balaban J connectivity index is 2.92. The Bertz CT molecular complexity index is 432. The van der Waals surface area contributed by atoms with Gasteiger partial charge in [-0.05, 0) is 44.0 Å². The van der Waals surface area contributed by atoms with Gasteiger partial charge in [-0.1, -0.05) is 6.92 Å². The number of carbonyl (C=O) groups excluding carboxylic acids is 1. The largest absolute Gasteiger partial charge is 0.350 e.